The molecule has 2 aromatic rings. The molecule has 0 unspecified atom stereocenters. The van der Waals surface area contributed by atoms with Crippen molar-refractivity contribution in [3.63, 3.8) is 0 Å². The van der Waals surface area contributed by atoms with Gasteiger partial charge in [-0.05, 0) is 30.3 Å². The van der Waals surface area contributed by atoms with Gasteiger partial charge in [0.05, 0.1) is 5.56 Å². The zero-order valence-electron chi connectivity index (χ0n) is 10.8. The molecular weight excluding hydrogens is 311 g/mol. The molecule has 0 spiro atoms. The number of anilines is 1. The number of ether oxygens (including phenoxy) is 1. The fourth-order valence-electron chi connectivity index (χ4n) is 1.61. The molecule has 1 N–H and O–H groups in total. The van der Waals surface area contributed by atoms with E-state index in [0.717, 1.165) is 0 Å². The van der Waals surface area contributed by atoms with Crippen LogP contribution < -0.4 is 10.1 Å². The normalized spacial score (nSPS) is 9.76. The highest BCUT2D eigenvalue weighted by Gasteiger charge is 2.08. The van der Waals surface area contributed by atoms with Gasteiger partial charge in [0.25, 0.3) is 5.91 Å². The summed E-state index contributed by atoms with van der Waals surface area (Å²) in [6.07, 6.45) is 0. The lowest BCUT2D eigenvalue weighted by atomic mass is 10.2. The van der Waals surface area contributed by atoms with Crippen LogP contribution in [-0.2, 0) is 4.79 Å². The zero-order chi connectivity index (χ0) is 15.2. The summed E-state index contributed by atoms with van der Waals surface area (Å²) in [5, 5.41) is 12.5. The van der Waals surface area contributed by atoms with Crippen LogP contribution in [0, 0.1) is 11.3 Å². The largest absolute Gasteiger partial charge is 0.482 e. The quantitative estimate of drug-likeness (QED) is 0.929. The predicted molar refractivity (Wildman–Crippen MR) is 81.7 cm³/mol. The Morgan fingerprint density at radius 2 is 1.95 bits per heavy atom. The highest BCUT2D eigenvalue weighted by atomic mass is 35.5. The number of carbonyl (C=O) groups is 1. The van der Waals surface area contributed by atoms with Crippen LogP contribution in [0.1, 0.15) is 5.56 Å². The second-order valence-corrected chi connectivity index (χ2v) is 4.97. The summed E-state index contributed by atoms with van der Waals surface area (Å²) in [6.45, 7) is -0.235. The number of benzene rings is 2. The fraction of sp³-hybridized carbons (Fsp3) is 0.0667. The summed E-state index contributed by atoms with van der Waals surface area (Å²) in [7, 11) is 0. The number of nitrogens with zero attached hydrogens (tertiary/aromatic N) is 1. The third-order valence-electron chi connectivity index (χ3n) is 2.53. The van der Waals surface area contributed by atoms with Crippen LogP contribution in [0.15, 0.2) is 42.5 Å². The molecule has 0 fully saturated rings. The molecule has 21 heavy (non-hydrogen) atoms. The maximum atomic E-state index is 11.8. The first kappa shape index (κ1) is 15.2. The van der Waals surface area contributed by atoms with E-state index < -0.39 is 0 Å². The Bertz CT molecular complexity index is 711. The van der Waals surface area contributed by atoms with E-state index in [1.165, 1.54) is 12.1 Å². The Hall–Kier alpha value is -2.22. The molecule has 1 amide bonds. The van der Waals surface area contributed by atoms with Gasteiger partial charge in [-0.3, -0.25) is 4.79 Å². The van der Waals surface area contributed by atoms with Crippen molar-refractivity contribution in [1.82, 2.24) is 0 Å². The summed E-state index contributed by atoms with van der Waals surface area (Å²) in [4.78, 5) is 11.8. The molecule has 0 radical (unpaired) electrons. The van der Waals surface area contributed by atoms with Crippen molar-refractivity contribution in [3.05, 3.63) is 58.1 Å². The standard InChI is InChI=1S/C15H10Cl2N2O2/c16-11-2-1-3-13(6-11)19-15(20)9-21-14-7-12(17)5-4-10(14)8-18/h1-7H,9H2,(H,19,20). The van der Waals surface area contributed by atoms with Gasteiger partial charge in [0.1, 0.15) is 11.8 Å². The second-order valence-electron chi connectivity index (χ2n) is 4.10. The lowest BCUT2D eigenvalue weighted by Gasteiger charge is -2.09. The van der Waals surface area contributed by atoms with E-state index in [1.54, 1.807) is 30.3 Å². The minimum absolute atomic E-state index is 0.235. The predicted octanol–water partition coefficient (Wildman–Crippen LogP) is 3.88. The van der Waals surface area contributed by atoms with Crippen LogP contribution in [0.5, 0.6) is 5.75 Å². The van der Waals surface area contributed by atoms with Gasteiger partial charge in [-0.2, -0.15) is 5.26 Å². The van der Waals surface area contributed by atoms with E-state index in [0.29, 0.717) is 21.3 Å². The summed E-state index contributed by atoms with van der Waals surface area (Å²) in [5.41, 5.74) is 0.887. The van der Waals surface area contributed by atoms with Crippen molar-refractivity contribution >= 4 is 34.8 Å². The number of nitrogens with one attached hydrogen (secondary N) is 1. The van der Waals surface area contributed by atoms with E-state index in [1.807, 2.05) is 6.07 Å². The molecular formula is C15H10Cl2N2O2. The Morgan fingerprint density at radius 3 is 2.67 bits per heavy atom. The molecule has 0 aliphatic heterocycles. The van der Waals surface area contributed by atoms with Gasteiger partial charge in [0.15, 0.2) is 6.61 Å². The number of rotatable bonds is 4. The number of amides is 1. The summed E-state index contributed by atoms with van der Waals surface area (Å²) in [5.74, 6) is -0.0904. The molecule has 4 nitrogen and oxygen atoms in total. The average molecular weight is 321 g/mol. The lowest BCUT2D eigenvalue weighted by Crippen LogP contribution is -2.20. The molecule has 0 saturated carbocycles. The lowest BCUT2D eigenvalue weighted by molar-refractivity contribution is -0.118. The monoisotopic (exact) mass is 320 g/mol. The third-order valence-corrected chi connectivity index (χ3v) is 3.00. The van der Waals surface area contributed by atoms with E-state index in [4.69, 9.17) is 33.2 Å². The molecule has 0 atom stereocenters. The van der Waals surface area contributed by atoms with E-state index in [2.05, 4.69) is 5.32 Å². The van der Waals surface area contributed by atoms with Gasteiger partial charge in [0, 0.05) is 21.8 Å². The number of hydrogen-bond acceptors (Lipinski definition) is 3. The molecule has 0 saturated heterocycles. The third kappa shape index (κ3) is 4.38. The number of hydrogen-bond donors (Lipinski definition) is 1. The maximum absolute atomic E-state index is 11.8. The summed E-state index contributed by atoms with van der Waals surface area (Å²) < 4.78 is 5.32. The van der Waals surface area contributed by atoms with Gasteiger partial charge in [-0.15, -0.1) is 0 Å². The number of carbonyl (C=O) groups excluding carboxylic acids is 1. The number of nitriles is 1. The Labute approximate surface area is 131 Å². The van der Waals surface area contributed by atoms with Gasteiger partial charge in [-0.25, -0.2) is 0 Å². The highest BCUT2D eigenvalue weighted by molar-refractivity contribution is 6.31. The average Bonchev–Trinajstić information content (AvgIpc) is 2.45. The van der Waals surface area contributed by atoms with Crippen molar-refractivity contribution in [2.75, 3.05) is 11.9 Å². The van der Waals surface area contributed by atoms with E-state index in [-0.39, 0.29) is 18.3 Å². The zero-order valence-corrected chi connectivity index (χ0v) is 12.3. The van der Waals surface area contributed by atoms with Crippen molar-refractivity contribution < 1.29 is 9.53 Å². The van der Waals surface area contributed by atoms with Crippen molar-refractivity contribution in [1.29, 1.82) is 5.26 Å². The minimum atomic E-state index is -0.360. The smallest absolute Gasteiger partial charge is 0.262 e. The molecule has 0 aromatic heterocycles. The van der Waals surface area contributed by atoms with Crippen LogP contribution in [0.3, 0.4) is 0 Å². The van der Waals surface area contributed by atoms with Crippen LogP contribution in [0.25, 0.3) is 0 Å². The highest BCUT2D eigenvalue weighted by Crippen LogP contribution is 2.22. The van der Waals surface area contributed by atoms with Gasteiger partial charge in [-0.1, -0.05) is 29.3 Å². The van der Waals surface area contributed by atoms with E-state index >= 15 is 0 Å². The van der Waals surface area contributed by atoms with Crippen LogP contribution in [0.2, 0.25) is 10.0 Å². The summed E-state index contributed by atoms with van der Waals surface area (Å²) >= 11 is 11.7. The molecule has 2 rings (SSSR count). The molecule has 2 aromatic carbocycles. The van der Waals surface area contributed by atoms with Crippen LogP contribution >= 0.6 is 23.2 Å². The molecule has 0 aliphatic carbocycles. The Balaban J connectivity index is 1.99. The Kier molecular flexibility index (Phi) is 5.04. The first-order valence-electron chi connectivity index (χ1n) is 5.96. The fourth-order valence-corrected chi connectivity index (χ4v) is 1.97. The maximum Gasteiger partial charge on any atom is 0.262 e. The molecule has 0 heterocycles. The van der Waals surface area contributed by atoms with Crippen molar-refractivity contribution in [3.8, 4) is 11.8 Å². The van der Waals surface area contributed by atoms with Gasteiger partial charge in [0.2, 0.25) is 0 Å². The van der Waals surface area contributed by atoms with Crippen molar-refractivity contribution in [2.24, 2.45) is 0 Å². The van der Waals surface area contributed by atoms with Gasteiger partial charge < -0.3 is 10.1 Å². The topological polar surface area (TPSA) is 62.1 Å². The Morgan fingerprint density at radius 1 is 1.19 bits per heavy atom. The van der Waals surface area contributed by atoms with Gasteiger partial charge >= 0.3 is 0 Å². The first-order valence-corrected chi connectivity index (χ1v) is 6.72. The molecule has 6 heteroatoms. The SMILES string of the molecule is N#Cc1ccc(Cl)cc1OCC(=O)Nc1cccc(Cl)c1. The minimum Gasteiger partial charge on any atom is -0.482 e. The second kappa shape index (κ2) is 6.98. The van der Waals surface area contributed by atoms with Crippen LogP contribution in [0.4, 0.5) is 5.69 Å². The van der Waals surface area contributed by atoms with Crippen molar-refractivity contribution in [2.45, 2.75) is 0 Å². The molecule has 0 bridgehead atoms. The van der Waals surface area contributed by atoms with Crippen LogP contribution in [-0.4, -0.2) is 12.5 Å². The first-order chi connectivity index (χ1) is 10.1. The molecule has 106 valence electrons. The van der Waals surface area contributed by atoms with E-state index in [9.17, 15) is 4.79 Å². The number of halogens is 2. The molecule has 0 aliphatic rings. The summed E-state index contributed by atoms with van der Waals surface area (Å²) in [6, 6.07) is 13.4.